The number of para-hydroxylation sites is 4. The van der Waals surface area contributed by atoms with Crippen molar-refractivity contribution < 1.29 is 0 Å². The van der Waals surface area contributed by atoms with Crippen LogP contribution in [0.25, 0.3) is 72.0 Å². The lowest BCUT2D eigenvalue weighted by molar-refractivity contribution is 0.590. The third-order valence-electron chi connectivity index (χ3n) is 18.6. The van der Waals surface area contributed by atoms with Crippen LogP contribution in [0.2, 0.25) is 0 Å². The highest BCUT2D eigenvalue weighted by molar-refractivity contribution is 7.00. The molecular weight excluding hydrogens is 990 g/mol. The number of anilines is 6. The van der Waals surface area contributed by atoms with E-state index in [2.05, 4.69) is 309 Å². The Morgan fingerprint density at radius 3 is 1.40 bits per heavy atom. The fraction of sp³-hybridized carbons (Fsp3) is 0.0769. The average molecular weight is 1050 g/mol. The smallest absolute Gasteiger partial charge is 0.252 e. The average Bonchev–Trinajstić information content (AvgIpc) is 1.52. The zero-order chi connectivity index (χ0) is 54.6. The minimum absolute atomic E-state index is 0.0936. The van der Waals surface area contributed by atoms with Gasteiger partial charge in [0.25, 0.3) is 6.71 Å². The van der Waals surface area contributed by atoms with E-state index in [1.54, 1.807) is 0 Å². The van der Waals surface area contributed by atoms with Crippen LogP contribution in [-0.2, 0) is 10.8 Å². The Hall–Kier alpha value is -9.90. The maximum atomic E-state index is 2.68. The van der Waals surface area contributed by atoms with Crippen LogP contribution < -0.4 is 26.2 Å². The normalized spacial score (nSPS) is 15.0. The molecule has 0 bridgehead atoms. The summed E-state index contributed by atoms with van der Waals surface area (Å²) in [6.45, 7) is 9.27. The molecule has 82 heavy (non-hydrogen) atoms. The molecule has 0 saturated heterocycles. The third kappa shape index (κ3) is 6.43. The van der Waals surface area contributed by atoms with Gasteiger partial charge in [0.05, 0.1) is 27.8 Å². The third-order valence-corrected chi connectivity index (χ3v) is 18.6. The van der Waals surface area contributed by atoms with E-state index in [4.69, 9.17) is 0 Å². The number of nitrogens with zero attached hydrogens (tertiary/aromatic N) is 3. The summed E-state index contributed by atoms with van der Waals surface area (Å²) >= 11 is 0. The van der Waals surface area contributed by atoms with E-state index in [1.165, 1.54) is 139 Å². The lowest BCUT2D eigenvalue weighted by Gasteiger charge is -2.46. The second-order valence-corrected chi connectivity index (χ2v) is 24.0. The van der Waals surface area contributed by atoms with Crippen molar-refractivity contribution >= 4 is 79.0 Å². The summed E-state index contributed by atoms with van der Waals surface area (Å²) in [4.78, 5) is 5.29. The Morgan fingerprint density at radius 1 is 0.341 bits per heavy atom. The van der Waals surface area contributed by atoms with Crippen LogP contribution in [0, 0.1) is 6.92 Å². The van der Waals surface area contributed by atoms with Crippen molar-refractivity contribution in [2.45, 2.75) is 38.5 Å². The minimum Gasteiger partial charge on any atom is -0.311 e. The molecule has 1 unspecified atom stereocenters. The molecule has 0 saturated carbocycles. The van der Waals surface area contributed by atoms with Gasteiger partial charge in [-0.3, -0.25) is 0 Å². The highest BCUT2D eigenvalue weighted by Crippen LogP contribution is 2.64. The van der Waals surface area contributed by atoms with Crippen LogP contribution >= 0.6 is 0 Å². The van der Waals surface area contributed by atoms with Gasteiger partial charge in [-0.25, -0.2) is 0 Å². The van der Waals surface area contributed by atoms with Crippen molar-refractivity contribution in [2.24, 2.45) is 0 Å². The summed E-state index contributed by atoms with van der Waals surface area (Å²) in [5, 5.41) is 2.52. The summed E-state index contributed by atoms with van der Waals surface area (Å²) in [7, 11) is 0. The molecule has 3 heterocycles. The van der Waals surface area contributed by atoms with Gasteiger partial charge in [-0.15, -0.1) is 0 Å². The number of rotatable bonds is 5. The van der Waals surface area contributed by atoms with Crippen LogP contribution in [-0.4, -0.2) is 11.3 Å². The molecule has 0 fully saturated rings. The maximum Gasteiger partial charge on any atom is 0.252 e. The van der Waals surface area contributed by atoms with Crippen LogP contribution in [0.3, 0.4) is 0 Å². The molecule has 13 aromatic rings. The van der Waals surface area contributed by atoms with Gasteiger partial charge in [0, 0.05) is 50.3 Å². The summed E-state index contributed by atoms with van der Waals surface area (Å²) in [5.74, 6) is 0. The SMILES string of the molecule is Cc1ccc2c(c1)N(c1ccccc1-c1ccccc1)c1cc(C(C)(C)C)cc3c1B2c1cc2c(cc1N3c1ccccc1-c1ccccc1)C1(c3ccccc3-c3ccc(-n4c5ccccc5c5ccccc54)cc31)c1ccccc1-2. The van der Waals surface area contributed by atoms with E-state index in [0.717, 1.165) is 17.1 Å². The van der Waals surface area contributed by atoms with Gasteiger partial charge in [-0.2, -0.15) is 0 Å². The number of aromatic nitrogens is 1. The molecule has 3 nitrogen and oxygen atoms in total. The van der Waals surface area contributed by atoms with E-state index in [-0.39, 0.29) is 12.1 Å². The second-order valence-electron chi connectivity index (χ2n) is 24.0. The van der Waals surface area contributed by atoms with Crippen LogP contribution in [0.15, 0.2) is 267 Å². The molecule has 4 aliphatic rings. The Kier molecular flexibility index (Phi) is 9.91. The Labute approximate surface area is 479 Å². The fourth-order valence-corrected chi connectivity index (χ4v) is 15.1. The van der Waals surface area contributed by atoms with Gasteiger partial charge in [0.2, 0.25) is 0 Å². The van der Waals surface area contributed by atoms with E-state index in [0.29, 0.717) is 0 Å². The first-order valence-corrected chi connectivity index (χ1v) is 28.9. The van der Waals surface area contributed by atoms with Crippen LogP contribution in [0.4, 0.5) is 34.1 Å². The molecule has 1 atom stereocenters. The molecule has 1 spiro atoms. The van der Waals surface area contributed by atoms with E-state index < -0.39 is 5.41 Å². The summed E-state index contributed by atoms with van der Waals surface area (Å²) in [6.07, 6.45) is 0. The van der Waals surface area contributed by atoms with Gasteiger partial charge in [0.15, 0.2) is 0 Å². The molecule has 0 radical (unpaired) electrons. The molecule has 1 aromatic heterocycles. The predicted molar refractivity (Wildman–Crippen MR) is 345 cm³/mol. The van der Waals surface area contributed by atoms with Gasteiger partial charge >= 0.3 is 0 Å². The molecule has 4 heteroatoms. The summed E-state index contributed by atoms with van der Waals surface area (Å²) in [6, 6.07) is 101. The predicted octanol–water partition coefficient (Wildman–Crippen LogP) is 18.1. The Balaban J connectivity index is 1.00. The Morgan fingerprint density at radius 2 is 0.817 bits per heavy atom. The van der Waals surface area contributed by atoms with Gasteiger partial charge in [-0.1, -0.05) is 227 Å². The maximum absolute atomic E-state index is 2.68. The number of benzene rings is 12. The van der Waals surface area contributed by atoms with Crippen molar-refractivity contribution in [1.29, 1.82) is 0 Å². The zero-order valence-electron chi connectivity index (χ0n) is 46.3. The number of aryl methyl sites for hydroxylation is 1. The molecule has 2 aliphatic heterocycles. The van der Waals surface area contributed by atoms with E-state index in [9.17, 15) is 0 Å². The molecule has 0 amide bonds. The number of fused-ring (bicyclic) bond motifs is 17. The van der Waals surface area contributed by atoms with Crippen molar-refractivity contribution in [3.8, 4) is 50.2 Å². The molecule has 0 N–H and O–H groups in total. The largest absolute Gasteiger partial charge is 0.311 e. The standard InChI is InChI=1S/C78H56BN3/c1-49-39-42-66-72(43-49)81(68-35-19-13-27-54(68)50-23-7-5-8-24-50)74-44-52(77(2,3)4)45-75-76(74)79(66)67-47-61-57-30-12-18-34-63(57)78(65(61)48-73(67)82(75)69-36-20-14-28-55(69)51-25-9-6-10-26-51)62-33-17-11-29-56(62)58-41-40-53(46-64(58)78)80-70-37-21-15-31-59(70)60-32-16-22-38-71(60)80/h5-48H,1-4H3. The molecular formula is C78H56BN3. The van der Waals surface area contributed by atoms with Crippen LogP contribution in [0.1, 0.15) is 54.2 Å². The first-order chi connectivity index (χ1) is 40.3. The van der Waals surface area contributed by atoms with E-state index in [1.807, 2.05) is 0 Å². The second kappa shape index (κ2) is 17.3. The van der Waals surface area contributed by atoms with Gasteiger partial charge in [-0.05, 0) is 156 Å². The highest BCUT2D eigenvalue weighted by Gasteiger charge is 2.54. The molecule has 2 aliphatic carbocycles. The zero-order valence-corrected chi connectivity index (χ0v) is 46.3. The molecule has 386 valence electrons. The minimum atomic E-state index is -0.634. The topological polar surface area (TPSA) is 11.4 Å². The van der Waals surface area contributed by atoms with Crippen molar-refractivity contribution in [3.63, 3.8) is 0 Å². The summed E-state index contributed by atoms with van der Waals surface area (Å²) < 4.78 is 2.49. The monoisotopic (exact) mass is 1050 g/mol. The molecule has 12 aromatic carbocycles. The van der Waals surface area contributed by atoms with Gasteiger partial charge in [0.1, 0.15) is 0 Å². The first kappa shape index (κ1) is 47.0. The van der Waals surface area contributed by atoms with Crippen LogP contribution in [0.5, 0.6) is 0 Å². The quantitative estimate of drug-likeness (QED) is 0.159. The lowest BCUT2D eigenvalue weighted by Crippen LogP contribution is -2.61. The van der Waals surface area contributed by atoms with Gasteiger partial charge < -0.3 is 14.4 Å². The lowest BCUT2D eigenvalue weighted by atomic mass is 9.33. The van der Waals surface area contributed by atoms with Crippen molar-refractivity contribution in [1.82, 2.24) is 4.57 Å². The van der Waals surface area contributed by atoms with Crippen molar-refractivity contribution in [2.75, 3.05) is 9.80 Å². The number of hydrogen-bond acceptors (Lipinski definition) is 2. The fourth-order valence-electron chi connectivity index (χ4n) is 15.1. The summed E-state index contributed by atoms with van der Waals surface area (Å²) in [5.41, 5.74) is 31.5. The van der Waals surface area contributed by atoms with Crippen molar-refractivity contribution in [3.05, 3.63) is 300 Å². The first-order valence-electron chi connectivity index (χ1n) is 28.9. The highest BCUT2D eigenvalue weighted by atomic mass is 15.2. The Bertz CT molecular complexity index is 4780. The molecule has 17 rings (SSSR count). The number of hydrogen-bond donors (Lipinski definition) is 0. The van der Waals surface area contributed by atoms with E-state index >= 15 is 0 Å².